The fourth-order valence-electron chi connectivity index (χ4n) is 2.37. The van der Waals surface area contributed by atoms with Crippen LogP contribution in [-0.2, 0) is 9.53 Å². The van der Waals surface area contributed by atoms with E-state index in [9.17, 15) is 4.79 Å². The average Bonchev–Trinajstić information content (AvgIpc) is 3.08. The molecule has 0 radical (unpaired) electrons. The lowest BCUT2D eigenvalue weighted by Crippen LogP contribution is -2.15. The molecule has 0 spiro atoms. The van der Waals surface area contributed by atoms with Gasteiger partial charge in [-0.05, 0) is 36.9 Å². The molecule has 1 saturated heterocycles. The summed E-state index contributed by atoms with van der Waals surface area (Å²) in [6.07, 6.45) is 5.61. The Morgan fingerprint density at radius 3 is 3.32 bits per heavy atom. The molecule has 1 fully saturated rings. The number of amides is 1. The third-order valence-electron chi connectivity index (χ3n) is 3.37. The number of fused-ring (bicyclic) bond motifs is 1. The van der Waals surface area contributed by atoms with Crippen molar-refractivity contribution in [3.05, 3.63) is 24.4 Å². The average molecular weight is 276 g/mol. The summed E-state index contributed by atoms with van der Waals surface area (Å²) >= 11 is 1.41. The van der Waals surface area contributed by atoms with E-state index < -0.39 is 0 Å². The Hall–Kier alpha value is -1.46. The van der Waals surface area contributed by atoms with E-state index in [4.69, 9.17) is 4.74 Å². The number of carbonyl (C=O) groups excluding carboxylic acids is 1. The largest absolute Gasteiger partial charge is 0.378 e. The number of hydrogen-bond acceptors (Lipinski definition) is 4. The second-order valence-corrected chi connectivity index (χ2v) is 5.57. The first-order valence-corrected chi connectivity index (χ1v) is 7.35. The van der Waals surface area contributed by atoms with Crippen LogP contribution in [0.2, 0.25) is 0 Å². The summed E-state index contributed by atoms with van der Waals surface area (Å²) in [5.74, 6) is 0.0522. The highest BCUT2D eigenvalue weighted by Gasteiger charge is 2.17. The molecule has 5 heteroatoms. The van der Waals surface area contributed by atoms with Crippen LogP contribution >= 0.6 is 11.5 Å². The van der Waals surface area contributed by atoms with Gasteiger partial charge in [0.15, 0.2) is 0 Å². The number of nitrogens with zero attached hydrogens (tertiary/aromatic N) is 1. The van der Waals surface area contributed by atoms with Gasteiger partial charge in [-0.15, -0.1) is 0 Å². The predicted octanol–water partition coefficient (Wildman–Crippen LogP) is 3.19. The van der Waals surface area contributed by atoms with Gasteiger partial charge in [0, 0.05) is 24.6 Å². The zero-order valence-electron chi connectivity index (χ0n) is 10.6. The van der Waals surface area contributed by atoms with Crippen LogP contribution in [0, 0.1) is 0 Å². The van der Waals surface area contributed by atoms with Crippen molar-refractivity contribution in [3.8, 4) is 0 Å². The molecule has 3 rings (SSSR count). The molecule has 1 atom stereocenters. The van der Waals surface area contributed by atoms with Gasteiger partial charge in [0.2, 0.25) is 5.91 Å². The topological polar surface area (TPSA) is 51.2 Å². The molecule has 1 aromatic heterocycles. The first-order chi connectivity index (χ1) is 9.33. The molecule has 1 aromatic carbocycles. The Morgan fingerprint density at radius 1 is 1.53 bits per heavy atom. The van der Waals surface area contributed by atoms with Gasteiger partial charge in [-0.1, -0.05) is 12.1 Å². The number of nitrogens with one attached hydrogen (secondary N) is 1. The number of aromatic nitrogens is 1. The van der Waals surface area contributed by atoms with Crippen LogP contribution < -0.4 is 5.32 Å². The highest BCUT2D eigenvalue weighted by atomic mass is 32.1. The summed E-state index contributed by atoms with van der Waals surface area (Å²) in [5, 5.41) is 4.04. The standard InChI is InChI=1S/C14H16N2O2S/c17-13(7-6-11-4-2-8-18-11)16-12-5-1-3-10-9-15-19-14(10)12/h1,3,5,9,11H,2,4,6-8H2,(H,16,17). The second-order valence-electron chi connectivity index (χ2n) is 4.77. The van der Waals surface area contributed by atoms with Crippen molar-refractivity contribution in [2.45, 2.75) is 31.8 Å². The highest BCUT2D eigenvalue weighted by Crippen LogP contribution is 2.27. The fourth-order valence-corrected chi connectivity index (χ4v) is 3.08. The molecule has 1 amide bonds. The second kappa shape index (κ2) is 5.67. The summed E-state index contributed by atoms with van der Waals surface area (Å²) in [6, 6.07) is 5.86. The maximum absolute atomic E-state index is 12.0. The van der Waals surface area contributed by atoms with Gasteiger partial charge >= 0.3 is 0 Å². The molecule has 0 bridgehead atoms. The van der Waals surface area contributed by atoms with Crippen LogP contribution in [0.4, 0.5) is 5.69 Å². The molecule has 100 valence electrons. The van der Waals surface area contributed by atoms with E-state index in [1.807, 2.05) is 24.4 Å². The molecule has 1 aliphatic heterocycles. The Balaban J connectivity index is 1.60. The van der Waals surface area contributed by atoms with Crippen LogP contribution in [0.3, 0.4) is 0 Å². The van der Waals surface area contributed by atoms with Gasteiger partial charge in [-0.25, -0.2) is 0 Å². The molecule has 1 unspecified atom stereocenters. The highest BCUT2D eigenvalue weighted by molar-refractivity contribution is 7.14. The van der Waals surface area contributed by atoms with E-state index >= 15 is 0 Å². The molecule has 2 heterocycles. The van der Waals surface area contributed by atoms with Gasteiger partial charge in [0.1, 0.15) is 0 Å². The first kappa shape index (κ1) is 12.6. The van der Waals surface area contributed by atoms with Crippen molar-refractivity contribution >= 4 is 33.2 Å². The van der Waals surface area contributed by atoms with Crippen molar-refractivity contribution in [1.29, 1.82) is 0 Å². The summed E-state index contributed by atoms with van der Waals surface area (Å²) in [4.78, 5) is 12.0. The summed E-state index contributed by atoms with van der Waals surface area (Å²) in [5.41, 5.74) is 0.859. The number of ether oxygens (including phenoxy) is 1. The van der Waals surface area contributed by atoms with Gasteiger partial charge in [-0.3, -0.25) is 4.79 Å². The molecular weight excluding hydrogens is 260 g/mol. The third kappa shape index (κ3) is 2.93. The molecule has 1 aliphatic rings. The van der Waals surface area contributed by atoms with Crippen molar-refractivity contribution in [2.75, 3.05) is 11.9 Å². The number of anilines is 1. The number of benzene rings is 1. The third-order valence-corrected chi connectivity index (χ3v) is 4.22. The molecule has 4 nitrogen and oxygen atoms in total. The Labute approximate surface area is 115 Å². The molecule has 2 aromatic rings. The van der Waals surface area contributed by atoms with Crippen molar-refractivity contribution in [3.63, 3.8) is 0 Å². The SMILES string of the molecule is O=C(CCC1CCCO1)Nc1cccc2cnsc12. The Kier molecular flexibility index (Phi) is 3.75. The van der Waals surface area contributed by atoms with Gasteiger partial charge in [0.25, 0.3) is 0 Å². The minimum absolute atomic E-state index is 0.0522. The van der Waals surface area contributed by atoms with Crippen LogP contribution in [-0.4, -0.2) is 23.0 Å². The minimum Gasteiger partial charge on any atom is -0.378 e. The zero-order valence-corrected chi connectivity index (χ0v) is 11.4. The van der Waals surface area contributed by atoms with Gasteiger partial charge in [-0.2, -0.15) is 4.37 Å². The van der Waals surface area contributed by atoms with Crippen molar-refractivity contribution in [2.24, 2.45) is 0 Å². The van der Waals surface area contributed by atoms with Crippen LogP contribution in [0.5, 0.6) is 0 Å². The Morgan fingerprint density at radius 2 is 2.47 bits per heavy atom. The lowest BCUT2D eigenvalue weighted by atomic mass is 10.1. The molecule has 0 aliphatic carbocycles. The first-order valence-electron chi connectivity index (χ1n) is 6.58. The zero-order chi connectivity index (χ0) is 13.1. The minimum atomic E-state index is 0.0522. The summed E-state index contributed by atoms with van der Waals surface area (Å²) in [6.45, 7) is 0.840. The van der Waals surface area contributed by atoms with E-state index in [0.29, 0.717) is 6.42 Å². The van der Waals surface area contributed by atoms with Crippen LogP contribution in [0.15, 0.2) is 24.4 Å². The van der Waals surface area contributed by atoms with Crippen molar-refractivity contribution in [1.82, 2.24) is 4.37 Å². The van der Waals surface area contributed by atoms with E-state index in [1.165, 1.54) is 11.5 Å². The van der Waals surface area contributed by atoms with Gasteiger partial charge < -0.3 is 10.1 Å². The number of carbonyl (C=O) groups is 1. The molecular formula is C14H16N2O2S. The predicted molar refractivity (Wildman–Crippen MR) is 76.5 cm³/mol. The lowest BCUT2D eigenvalue weighted by Gasteiger charge is -2.09. The van der Waals surface area contributed by atoms with Crippen LogP contribution in [0.25, 0.3) is 10.1 Å². The number of hydrogen-bond donors (Lipinski definition) is 1. The van der Waals surface area contributed by atoms with E-state index in [-0.39, 0.29) is 12.0 Å². The molecule has 1 N–H and O–H groups in total. The monoisotopic (exact) mass is 276 g/mol. The maximum atomic E-state index is 12.0. The Bertz CT molecular complexity index is 576. The quantitative estimate of drug-likeness (QED) is 0.933. The smallest absolute Gasteiger partial charge is 0.224 e. The number of rotatable bonds is 4. The summed E-state index contributed by atoms with van der Waals surface area (Å²) in [7, 11) is 0. The maximum Gasteiger partial charge on any atom is 0.224 e. The molecule has 19 heavy (non-hydrogen) atoms. The lowest BCUT2D eigenvalue weighted by molar-refractivity contribution is -0.116. The fraction of sp³-hybridized carbons (Fsp3) is 0.429. The van der Waals surface area contributed by atoms with Gasteiger partial charge in [0.05, 0.1) is 16.5 Å². The normalized spacial score (nSPS) is 18.8. The molecule has 0 saturated carbocycles. The van der Waals surface area contributed by atoms with E-state index in [0.717, 1.165) is 41.6 Å². The van der Waals surface area contributed by atoms with Crippen molar-refractivity contribution < 1.29 is 9.53 Å². The van der Waals surface area contributed by atoms with E-state index in [2.05, 4.69) is 9.69 Å². The van der Waals surface area contributed by atoms with E-state index in [1.54, 1.807) is 0 Å². The van der Waals surface area contributed by atoms with Crippen LogP contribution in [0.1, 0.15) is 25.7 Å². The summed E-state index contributed by atoms with van der Waals surface area (Å²) < 4.78 is 10.7.